The second kappa shape index (κ2) is 7.99. The molecule has 0 aromatic carbocycles. The van der Waals surface area contributed by atoms with E-state index >= 15 is 0 Å². The molecule has 7 heteroatoms. The highest BCUT2D eigenvalue weighted by Crippen LogP contribution is 2.14. The largest absolute Gasteiger partial charge is 0.342 e. The molecule has 138 valence electrons. The van der Waals surface area contributed by atoms with Gasteiger partial charge in [-0.05, 0) is 26.2 Å². The molecular formula is C18H29N5O2. The van der Waals surface area contributed by atoms with E-state index in [2.05, 4.69) is 16.9 Å². The lowest BCUT2D eigenvalue weighted by molar-refractivity contribution is -0.131. The lowest BCUT2D eigenvalue weighted by atomic mass is 10.2. The fourth-order valence-corrected chi connectivity index (χ4v) is 3.63. The van der Waals surface area contributed by atoms with Gasteiger partial charge in [-0.2, -0.15) is 5.10 Å². The summed E-state index contributed by atoms with van der Waals surface area (Å²) in [5, 5.41) is 4.33. The first-order valence-electron chi connectivity index (χ1n) is 9.42. The molecule has 2 saturated heterocycles. The topological polar surface area (TPSA) is 61.7 Å². The van der Waals surface area contributed by atoms with Gasteiger partial charge in [-0.15, -0.1) is 0 Å². The van der Waals surface area contributed by atoms with Gasteiger partial charge < -0.3 is 9.80 Å². The summed E-state index contributed by atoms with van der Waals surface area (Å²) in [5.41, 5.74) is 1.65. The van der Waals surface area contributed by atoms with E-state index in [1.165, 1.54) is 0 Å². The summed E-state index contributed by atoms with van der Waals surface area (Å²) in [4.78, 5) is 31.0. The van der Waals surface area contributed by atoms with Crippen LogP contribution in [-0.2, 0) is 11.3 Å². The molecule has 1 aromatic rings. The fraction of sp³-hybridized carbons (Fsp3) is 0.722. The smallest absolute Gasteiger partial charge is 0.257 e. The van der Waals surface area contributed by atoms with E-state index in [9.17, 15) is 9.59 Å². The Hall–Kier alpha value is -1.89. The minimum atomic E-state index is 0.0605. The first-order valence-corrected chi connectivity index (χ1v) is 9.42. The van der Waals surface area contributed by atoms with Crippen molar-refractivity contribution in [1.29, 1.82) is 0 Å². The molecule has 0 saturated carbocycles. The van der Waals surface area contributed by atoms with Crippen LogP contribution in [0.3, 0.4) is 0 Å². The molecule has 0 spiro atoms. The van der Waals surface area contributed by atoms with Crippen molar-refractivity contribution in [3.05, 3.63) is 17.5 Å². The van der Waals surface area contributed by atoms with Crippen molar-refractivity contribution in [3.63, 3.8) is 0 Å². The Kier molecular flexibility index (Phi) is 5.73. The van der Waals surface area contributed by atoms with E-state index < -0.39 is 0 Å². The zero-order valence-electron chi connectivity index (χ0n) is 15.4. The molecule has 7 nitrogen and oxygen atoms in total. The Morgan fingerprint density at radius 3 is 2.36 bits per heavy atom. The van der Waals surface area contributed by atoms with E-state index in [0.717, 1.165) is 57.7 Å². The lowest BCUT2D eigenvalue weighted by Crippen LogP contribution is -2.51. The summed E-state index contributed by atoms with van der Waals surface area (Å²) in [7, 11) is 0. The number of hydrogen-bond donors (Lipinski definition) is 0. The molecule has 1 aromatic heterocycles. The average molecular weight is 347 g/mol. The molecule has 0 unspecified atom stereocenters. The third-order valence-corrected chi connectivity index (χ3v) is 5.25. The van der Waals surface area contributed by atoms with Gasteiger partial charge in [0.1, 0.15) is 0 Å². The quantitative estimate of drug-likeness (QED) is 0.797. The maximum Gasteiger partial charge on any atom is 0.257 e. The number of carbonyl (C=O) groups is 2. The molecule has 0 bridgehead atoms. The Labute approximate surface area is 149 Å². The van der Waals surface area contributed by atoms with Gasteiger partial charge in [0.25, 0.3) is 5.91 Å². The van der Waals surface area contributed by atoms with E-state index in [0.29, 0.717) is 25.2 Å². The normalized spacial score (nSPS) is 18.8. The second-order valence-electron chi connectivity index (χ2n) is 7.02. The predicted octanol–water partition coefficient (Wildman–Crippen LogP) is 0.982. The number of carbonyl (C=O) groups excluding carboxylic acids is 2. The van der Waals surface area contributed by atoms with Gasteiger partial charge in [-0.25, -0.2) is 0 Å². The van der Waals surface area contributed by atoms with E-state index in [1.807, 2.05) is 21.4 Å². The first kappa shape index (κ1) is 17.9. The number of aryl methyl sites for hydroxylation is 1. The van der Waals surface area contributed by atoms with Crippen LogP contribution < -0.4 is 0 Å². The van der Waals surface area contributed by atoms with Crippen LogP contribution in [0.15, 0.2) is 6.20 Å². The van der Waals surface area contributed by atoms with Crippen molar-refractivity contribution in [2.24, 2.45) is 0 Å². The van der Waals surface area contributed by atoms with Crippen molar-refractivity contribution in [2.75, 3.05) is 45.8 Å². The maximum absolute atomic E-state index is 12.8. The van der Waals surface area contributed by atoms with Crippen molar-refractivity contribution in [3.8, 4) is 0 Å². The molecule has 2 aliphatic heterocycles. The number of hydrogen-bond acceptors (Lipinski definition) is 4. The van der Waals surface area contributed by atoms with Crippen LogP contribution in [0.4, 0.5) is 0 Å². The predicted molar refractivity (Wildman–Crippen MR) is 95.4 cm³/mol. The second-order valence-corrected chi connectivity index (χ2v) is 7.02. The van der Waals surface area contributed by atoms with Crippen LogP contribution in [0, 0.1) is 6.92 Å². The Morgan fingerprint density at radius 1 is 1.04 bits per heavy atom. The van der Waals surface area contributed by atoms with Gasteiger partial charge in [0.15, 0.2) is 0 Å². The van der Waals surface area contributed by atoms with Crippen LogP contribution in [0.5, 0.6) is 0 Å². The number of piperazine rings is 1. The zero-order valence-corrected chi connectivity index (χ0v) is 15.4. The Morgan fingerprint density at radius 2 is 1.72 bits per heavy atom. The number of amides is 2. The lowest BCUT2D eigenvalue weighted by Gasteiger charge is -2.35. The monoisotopic (exact) mass is 347 g/mol. The highest BCUT2D eigenvalue weighted by molar-refractivity contribution is 5.95. The molecule has 3 rings (SSSR count). The van der Waals surface area contributed by atoms with Crippen LogP contribution in [0.2, 0.25) is 0 Å². The van der Waals surface area contributed by atoms with E-state index in [-0.39, 0.29) is 11.8 Å². The Balaban J connectivity index is 1.51. The summed E-state index contributed by atoms with van der Waals surface area (Å²) < 4.78 is 1.90. The van der Waals surface area contributed by atoms with Crippen molar-refractivity contribution in [2.45, 2.75) is 39.7 Å². The summed E-state index contributed by atoms with van der Waals surface area (Å²) in [6.07, 6.45) is 4.94. The first-order chi connectivity index (χ1) is 12.1. The van der Waals surface area contributed by atoms with Gasteiger partial charge >= 0.3 is 0 Å². The molecule has 2 fully saturated rings. The standard InChI is InChI=1S/C18H29N5O2/c1-3-6-23-15(2)16(13-19-23)18(25)22-11-9-20(10-12-22)14-17(24)21-7-4-5-8-21/h13H,3-12,14H2,1-2H3. The van der Waals surface area contributed by atoms with Crippen molar-refractivity contribution < 1.29 is 9.59 Å². The van der Waals surface area contributed by atoms with Gasteiger partial charge in [-0.1, -0.05) is 6.92 Å². The highest BCUT2D eigenvalue weighted by Gasteiger charge is 2.27. The molecule has 0 atom stereocenters. The number of likely N-dealkylation sites (tertiary alicyclic amines) is 1. The van der Waals surface area contributed by atoms with Crippen LogP contribution >= 0.6 is 0 Å². The third kappa shape index (κ3) is 4.03. The summed E-state index contributed by atoms with van der Waals surface area (Å²) in [6, 6.07) is 0. The summed E-state index contributed by atoms with van der Waals surface area (Å²) in [5.74, 6) is 0.291. The van der Waals surface area contributed by atoms with Crippen LogP contribution in [0.25, 0.3) is 0 Å². The minimum absolute atomic E-state index is 0.0605. The molecule has 0 N–H and O–H groups in total. The van der Waals surface area contributed by atoms with E-state index in [1.54, 1.807) is 6.20 Å². The zero-order chi connectivity index (χ0) is 17.8. The average Bonchev–Trinajstić information content (AvgIpc) is 3.26. The number of aromatic nitrogens is 2. The van der Waals surface area contributed by atoms with Gasteiger partial charge in [0, 0.05) is 51.5 Å². The SMILES string of the molecule is CCCn1ncc(C(=O)N2CCN(CC(=O)N3CCCC3)CC2)c1C. The number of nitrogens with zero attached hydrogens (tertiary/aromatic N) is 5. The highest BCUT2D eigenvalue weighted by atomic mass is 16.2. The third-order valence-electron chi connectivity index (χ3n) is 5.25. The molecule has 2 amide bonds. The van der Waals surface area contributed by atoms with E-state index in [4.69, 9.17) is 0 Å². The summed E-state index contributed by atoms with van der Waals surface area (Å²) >= 11 is 0. The molecule has 3 heterocycles. The molecular weight excluding hydrogens is 318 g/mol. The molecule has 25 heavy (non-hydrogen) atoms. The number of rotatable bonds is 5. The van der Waals surface area contributed by atoms with Crippen LogP contribution in [-0.4, -0.2) is 82.1 Å². The Bertz CT molecular complexity index is 613. The molecule has 0 radical (unpaired) electrons. The maximum atomic E-state index is 12.8. The molecule has 0 aliphatic carbocycles. The molecule has 2 aliphatic rings. The van der Waals surface area contributed by atoms with Crippen molar-refractivity contribution >= 4 is 11.8 Å². The van der Waals surface area contributed by atoms with Gasteiger partial charge in [0.2, 0.25) is 5.91 Å². The van der Waals surface area contributed by atoms with Crippen molar-refractivity contribution in [1.82, 2.24) is 24.5 Å². The minimum Gasteiger partial charge on any atom is -0.342 e. The van der Waals surface area contributed by atoms with Crippen LogP contribution in [0.1, 0.15) is 42.2 Å². The fourth-order valence-electron chi connectivity index (χ4n) is 3.63. The summed E-state index contributed by atoms with van der Waals surface area (Å²) in [6.45, 7) is 10.0. The van der Waals surface area contributed by atoms with Gasteiger partial charge in [-0.3, -0.25) is 19.2 Å². The van der Waals surface area contributed by atoms with Gasteiger partial charge in [0.05, 0.1) is 18.3 Å².